The third kappa shape index (κ3) is 2.92. The molecule has 78 valence electrons. The molecule has 2 nitrogen and oxygen atoms in total. The lowest BCUT2D eigenvalue weighted by Crippen LogP contribution is -2.08. The summed E-state index contributed by atoms with van der Waals surface area (Å²) in [6, 6.07) is 5.45. The summed E-state index contributed by atoms with van der Waals surface area (Å²) in [5.74, 6) is -0.0615. The zero-order valence-electron chi connectivity index (χ0n) is 7.29. The average molecular weight is 205 g/mol. The third-order valence-corrected chi connectivity index (χ3v) is 1.65. The number of nitrogens with two attached hydrogens (primary N) is 1. The summed E-state index contributed by atoms with van der Waals surface area (Å²) < 4.78 is 40.7. The van der Waals surface area contributed by atoms with Crippen LogP contribution in [0, 0.1) is 0 Å². The molecule has 0 spiro atoms. The van der Waals surface area contributed by atoms with E-state index in [0.717, 1.165) is 0 Å². The molecule has 2 N–H and O–H groups in total. The molecular formula is C9H10F3NO. The topological polar surface area (TPSA) is 35.2 Å². The highest BCUT2D eigenvalue weighted by Crippen LogP contribution is 2.22. The molecule has 0 radical (unpaired) electrons. The third-order valence-electron chi connectivity index (χ3n) is 1.65. The predicted molar refractivity (Wildman–Crippen MR) is 46.0 cm³/mol. The van der Waals surface area contributed by atoms with Gasteiger partial charge in [-0.15, -0.1) is 0 Å². The molecule has 0 bridgehead atoms. The van der Waals surface area contributed by atoms with E-state index < -0.39 is 12.8 Å². The minimum atomic E-state index is -2.90. The van der Waals surface area contributed by atoms with E-state index in [-0.39, 0.29) is 17.9 Å². The van der Waals surface area contributed by atoms with Crippen molar-refractivity contribution in [1.29, 1.82) is 0 Å². The lowest BCUT2D eigenvalue weighted by Gasteiger charge is -2.08. The highest BCUT2D eigenvalue weighted by atomic mass is 19.3. The molecule has 14 heavy (non-hydrogen) atoms. The zero-order chi connectivity index (χ0) is 10.6. The Morgan fingerprint density at radius 1 is 1.29 bits per heavy atom. The number of ether oxygens (including phenoxy) is 1. The molecule has 1 aromatic carbocycles. The Labute approximate surface area is 79.5 Å². The van der Waals surface area contributed by atoms with Gasteiger partial charge >= 0.3 is 6.61 Å². The Kier molecular flexibility index (Phi) is 3.76. The molecule has 1 unspecified atom stereocenters. The minimum absolute atomic E-state index is 0.0615. The summed E-state index contributed by atoms with van der Waals surface area (Å²) in [5.41, 5.74) is 5.33. The smallest absolute Gasteiger partial charge is 0.387 e. The molecule has 1 atom stereocenters. The van der Waals surface area contributed by atoms with Gasteiger partial charge < -0.3 is 10.5 Å². The van der Waals surface area contributed by atoms with Crippen LogP contribution >= 0.6 is 0 Å². The second-order valence-electron chi connectivity index (χ2n) is 2.65. The summed E-state index contributed by atoms with van der Waals surface area (Å²) in [6.45, 7) is -3.08. The van der Waals surface area contributed by atoms with Gasteiger partial charge in [0.1, 0.15) is 11.9 Å². The lowest BCUT2D eigenvalue weighted by atomic mass is 10.1. The molecule has 0 saturated carbocycles. The van der Waals surface area contributed by atoms with Crippen LogP contribution in [0.5, 0.6) is 5.75 Å². The molecule has 0 saturated heterocycles. The summed E-state index contributed by atoms with van der Waals surface area (Å²) in [5, 5.41) is 0. The van der Waals surface area contributed by atoms with Gasteiger partial charge in [-0.1, -0.05) is 12.1 Å². The van der Waals surface area contributed by atoms with Gasteiger partial charge in [0.2, 0.25) is 0 Å². The highest BCUT2D eigenvalue weighted by Gasteiger charge is 2.09. The molecule has 0 aliphatic heterocycles. The predicted octanol–water partition coefficient (Wildman–Crippen LogP) is 2.26. The Morgan fingerprint density at radius 3 is 2.57 bits per heavy atom. The Balaban J connectivity index is 2.78. The first-order chi connectivity index (χ1) is 6.63. The Hall–Kier alpha value is -1.23. The highest BCUT2D eigenvalue weighted by molar-refractivity contribution is 5.30. The van der Waals surface area contributed by atoms with E-state index >= 15 is 0 Å². The van der Waals surface area contributed by atoms with Crippen molar-refractivity contribution < 1.29 is 17.9 Å². The van der Waals surface area contributed by atoms with Gasteiger partial charge in [-0.25, -0.2) is 4.39 Å². The number of hydrogen-bond acceptors (Lipinski definition) is 2. The maximum Gasteiger partial charge on any atom is 0.387 e. The molecule has 5 heteroatoms. The maximum atomic E-state index is 13.0. The molecule has 0 heterocycles. The van der Waals surface area contributed by atoms with Crippen molar-refractivity contribution in [2.24, 2.45) is 5.73 Å². The first-order valence-corrected chi connectivity index (χ1v) is 4.02. The average Bonchev–Trinajstić information content (AvgIpc) is 2.16. The summed E-state index contributed by atoms with van der Waals surface area (Å²) in [4.78, 5) is 0. The normalized spacial score (nSPS) is 12.9. The Bertz CT molecular complexity index is 293. The van der Waals surface area contributed by atoms with Crippen LogP contribution in [0.4, 0.5) is 13.2 Å². The second kappa shape index (κ2) is 4.85. The maximum absolute atomic E-state index is 13.0. The largest absolute Gasteiger partial charge is 0.435 e. The molecule has 0 aliphatic rings. The van der Waals surface area contributed by atoms with Gasteiger partial charge in [0, 0.05) is 6.54 Å². The number of benzene rings is 1. The van der Waals surface area contributed by atoms with Gasteiger partial charge in [0.05, 0.1) is 0 Å². The van der Waals surface area contributed by atoms with Crippen molar-refractivity contribution >= 4 is 0 Å². The van der Waals surface area contributed by atoms with Crippen LogP contribution in [-0.2, 0) is 0 Å². The molecule has 0 fully saturated rings. The van der Waals surface area contributed by atoms with Crippen LogP contribution in [0.2, 0.25) is 0 Å². The lowest BCUT2D eigenvalue weighted by molar-refractivity contribution is -0.0499. The molecule has 0 aromatic heterocycles. The molecular weight excluding hydrogens is 195 g/mol. The van der Waals surface area contributed by atoms with Gasteiger partial charge in [0.15, 0.2) is 0 Å². The molecule has 1 aromatic rings. The molecule has 0 aliphatic carbocycles. The van der Waals surface area contributed by atoms with E-state index in [9.17, 15) is 13.2 Å². The summed E-state index contributed by atoms with van der Waals surface area (Å²) in [7, 11) is 0. The van der Waals surface area contributed by atoms with E-state index in [2.05, 4.69) is 4.74 Å². The second-order valence-corrected chi connectivity index (χ2v) is 2.65. The van der Waals surface area contributed by atoms with E-state index in [1.807, 2.05) is 0 Å². The molecule has 1 rings (SSSR count). The zero-order valence-corrected chi connectivity index (χ0v) is 7.29. The van der Waals surface area contributed by atoms with Crippen LogP contribution in [0.15, 0.2) is 24.3 Å². The van der Waals surface area contributed by atoms with Crippen LogP contribution in [0.25, 0.3) is 0 Å². The number of rotatable bonds is 4. The Morgan fingerprint density at radius 2 is 2.00 bits per heavy atom. The standard InChI is InChI=1S/C9H10F3NO/c10-8(5-13)6-2-1-3-7(4-6)14-9(11)12/h1-4,8-9H,5,13H2. The first kappa shape index (κ1) is 10.8. The van der Waals surface area contributed by atoms with E-state index in [4.69, 9.17) is 5.73 Å². The van der Waals surface area contributed by atoms with Crippen molar-refractivity contribution in [3.05, 3.63) is 29.8 Å². The van der Waals surface area contributed by atoms with Crippen molar-refractivity contribution in [3.63, 3.8) is 0 Å². The SMILES string of the molecule is NCC(F)c1cccc(OC(F)F)c1. The quantitative estimate of drug-likeness (QED) is 0.818. The number of halogens is 3. The van der Waals surface area contributed by atoms with Gasteiger partial charge in [0.25, 0.3) is 0 Å². The first-order valence-electron chi connectivity index (χ1n) is 4.02. The minimum Gasteiger partial charge on any atom is -0.435 e. The fourth-order valence-electron chi connectivity index (χ4n) is 1.02. The van der Waals surface area contributed by atoms with Crippen molar-refractivity contribution in [3.8, 4) is 5.75 Å². The molecule has 0 amide bonds. The van der Waals surface area contributed by atoms with Crippen molar-refractivity contribution in [2.75, 3.05) is 6.54 Å². The van der Waals surface area contributed by atoms with Gasteiger partial charge in [-0.05, 0) is 17.7 Å². The van der Waals surface area contributed by atoms with Crippen LogP contribution in [0.3, 0.4) is 0 Å². The van der Waals surface area contributed by atoms with Crippen molar-refractivity contribution in [1.82, 2.24) is 0 Å². The fraction of sp³-hybridized carbons (Fsp3) is 0.333. The number of hydrogen-bond donors (Lipinski definition) is 1. The van der Waals surface area contributed by atoms with Crippen LogP contribution in [-0.4, -0.2) is 13.2 Å². The van der Waals surface area contributed by atoms with Gasteiger partial charge in [-0.2, -0.15) is 8.78 Å². The van der Waals surface area contributed by atoms with Gasteiger partial charge in [-0.3, -0.25) is 0 Å². The summed E-state index contributed by atoms with van der Waals surface area (Å²) >= 11 is 0. The fourth-order valence-corrected chi connectivity index (χ4v) is 1.02. The van der Waals surface area contributed by atoms with Crippen LogP contribution in [0.1, 0.15) is 11.7 Å². The summed E-state index contributed by atoms with van der Waals surface area (Å²) in [6.07, 6.45) is -1.35. The van der Waals surface area contributed by atoms with Crippen molar-refractivity contribution in [2.45, 2.75) is 12.8 Å². The van der Waals surface area contributed by atoms with E-state index in [0.29, 0.717) is 0 Å². The monoisotopic (exact) mass is 205 g/mol. The number of alkyl halides is 3. The van der Waals surface area contributed by atoms with Crippen LogP contribution < -0.4 is 10.5 Å². The van der Waals surface area contributed by atoms with E-state index in [1.54, 1.807) is 0 Å². The van der Waals surface area contributed by atoms with E-state index in [1.165, 1.54) is 24.3 Å².